The molecule has 0 radical (unpaired) electrons. The first-order valence-corrected chi connectivity index (χ1v) is 32.7. The van der Waals surface area contributed by atoms with Gasteiger partial charge >= 0.3 is 11.9 Å². The molecule has 2 spiro atoms. The quantitative estimate of drug-likeness (QED) is 0.110. The van der Waals surface area contributed by atoms with Crippen molar-refractivity contribution in [2.75, 3.05) is 76.5 Å². The number of amides is 2. The number of carbonyl (C=O) groups is 4. The van der Waals surface area contributed by atoms with Gasteiger partial charge in [0, 0.05) is 72.2 Å². The third-order valence-electron chi connectivity index (χ3n) is 22.0. The molecule has 14 rings (SSSR count). The van der Waals surface area contributed by atoms with E-state index in [0.717, 1.165) is 98.5 Å². The minimum atomic E-state index is -2.15. The summed E-state index contributed by atoms with van der Waals surface area (Å²) in [6.45, 7) is 4.87. The highest BCUT2D eigenvalue weighted by Gasteiger charge is 2.51. The van der Waals surface area contributed by atoms with E-state index in [1.807, 2.05) is 60.7 Å². The average Bonchev–Trinajstić information content (AvgIpc) is 2.89. The summed E-state index contributed by atoms with van der Waals surface area (Å²) in [4.78, 5) is 61.5. The molecule has 88 heavy (non-hydrogen) atoms. The van der Waals surface area contributed by atoms with E-state index >= 15 is 0 Å². The fraction of sp³-hybridized carbons (Fsp3) is 0.543. The van der Waals surface area contributed by atoms with Gasteiger partial charge in [0.15, 0.2) is 11.2 Å². The standard InChI is InChI=1S/2C35H41ClN2O6/c2*1-43-33(41)35(42)18-32(40)38-15-13-26(38)5-2-6-30(39)27-10-7-23(27)19-37-20-34(21-44-31-12-8-24(35)17-29(31)37)14-3-4-22-16-25(36)9-11-28(22)34/h2*2,6,8-9,11-12,16-17,23,26-27,30,39,42H,3-5,7,10,13-15,18-21H2,1H3/b2*6-2+/t2*23?,26-,27?,30?,34?,35?/m11/s1. The van der Waals surface area contributed by atoms with Crippen LogP contribution in [-0.4, -0.2) is 145 Å². The number of aliphatic hydroxyl groups is 4. The van der Waals surface area contributed by atoms with Crippen LogP contribution in [0, 0.1) is 23.7 Å². The molecule has 4 bridgehead atoms. The Morgan fingerprint density at radius 2 is 1.01 bits per heavy atom. The van der Waals surface area contributed by atoms with E-state index in [1.54, 1.807) is 21.9 Å². The van der Waals surface area contributed by atoms with E-state index in [2.05, 4.69) is 34.1 Å². The molecule has 10 aliphatic rings. The zero-order valence-electron chi connectivity index (χ0n) is 50.4. The van der Waals surface area contributed by atoms with Crippen molar-refractivity contribution >= 4 is 58.3 Å². The molecule has 12 atom stereocenters. The number of esters is 2. The van der Waals surface area contributed by atoms with Gasteiger partial charge in [-0.15, -0.1) is 0 Å². The molecule has 4 fully saturated rings. The van der Waals surface area contributed by atoms with Crippen LogP contribution in [0.25, 0.3) is 0 Å². The Labute approximate surface area is 525 Å². The Morgan fingerprint density at radius 1 is 0.580 bits per heavy atom. The van der Waals surface area contributed by atoms with Gasteiger partial charge in [0.25, 0.3) is 0 Å². The summed E-state index contributed by atoms with van der Waals surface area (Å²) >= 11 is 12.8. The van der Waals surface area contributed by atoms with E-state index in [4.69, 9.17) is 42.1 Å². The van der Waals surface area contributed by atoms with Crippen LogP contribution in [0.1, 0.15) is 123 Å². The van der Waals surface area contributed by atoms with Gasteiger partial charge in [-0.1, -0.05) is 71.8 Å². The molecule has 6 aliphatic heterocycles. The predicted molar refractivity (Wildman–Crippen MR) is 334 cm³/mol. The second-order valence-electron chi connectivity index (χ2n) is 27.0. The van der Waals surface area contributed by atoms with Crippen LogP contribution in [-0.2, 0) is 63.5 Å². The van der Waals surface area contributed by atoms with Gasteiger partial charge in [-0.05, 0) is 195 Å². The van der Waals surface area contributed by atoms with Crippen molar-refractivity contribution < 1.29 is 58.6 Å². The summed E-state index contributed by atoms with van der Waals surface area (Å²) in [7, 11) is 2.47. The number of carbonyl (C=O) groups excluding carboxylic acids is 4. The zero-order chi connectivity index (χ0) is 61.3. The Hall–Kier alpha value is -6.14. The molecule has 0 aromatic heterocycles. The van der Waals surface area contributed by atoms with E-state index in [-0.39, 0.29) is 58.4 Å². The van der Waals surface area contributed by atoms with Crippen molar-refractivity contribution in [2.45, 2.75) is 149 Å². The molecule has 10 unspecified atom stereocenters. The normalized spacial score (nSPS) is 33.9. The maximum atomic E-state index is 13.5. The number of ether oxygens (including phenoxy) is 4. The van der Waals surface area contributed by atoms with Gasteiger partial charge < -0.3 is 59.0 Å². The summed E-state index contributed by atoms with van der Waals surface area (Å²) in [6, 6.07) is 22.9. The number of halogens is 2. The maximum absolute atomic E-state index is 13.5. The molecule has 2 saturated heterocycles. The van der Waals surface area contributed by atoms with E-state index in [1.165, 1.54) is 36.5 Å². The van der Waals surface area contributed by atoms with Crippen LogP contribution in [0.3, 0.4) is 0 Å². The fourth-order valence-corrected chi connectivity index (χ4v) is 16.9. The van der Waals surface area contributed by atoms with Crippen molar-refractivity contribution in [1.29, 1.82) is 0 Å². The van der Waals surface area contributed by atoms with Crippen LogP contribution in [0.4, 0.5) is 11.4 Å². The van der Waals surface area contributed by atoms with Crippen molar-refractivity contribution in [3.63, 3.8) is 0 Å². The van der Waals surface area contributed by atoms with Gasteiger partial charge in [-0.2, -0.15) is 0 Å². The first kappa shape index (κ1) is 60.8. The van der Waals surface area contributed by atoms with Gasteiger partial charge in [0.2, 0.25) is 11.8 Å². The number of anilines is 2. The third kappa shape index (κ3) is 11.1. The molecular formula is C70H82Cl2N4O12. The molecule has 4 aromatic carbocycles. The Kier molecular flexibility index (Phi) is 16.7. The topological polar surface area (TPSA) is 199 Å². The Bertz CT molecular complexity index is 3210. The third-order valence-corrected chi connectivity index (χ3v) is 22.5. The number of aryl methyl sites for hydroxylation is 2. The number of methoxy groups -OCH3 is 2. The van der Waals surface area contributed by atoms with Gasteiger partial charge in [-0.3, -0.25) is 9.59 Å². The van der Waals surface area contributed by atoms with Crippen molar-refractivity contribution in [3.8, 4) is 11.5 Å². The highest BCUT2D eigenvalue weighted by molar-refractivity contribution is 6.31. The summed E-state index contributed by atoms with van der Waals surface area (Å²) in [5.74, 6) is -0.168. The van der Waals surface area contributed by atoms with Crippen LogP contribution in [0.5, 0.6) is 11.5 Å². The summed E-state index contributed by atoms with van der Waals surface area (Å²) in [6.07, 6.45) is 18.6. The molecule has 2 amide bonds. The Morgan fingerprint density at radius 3 is 1.39 bits per heavy atom. The van der Waals surface area contributed by atoms with Gasteiger partial charge in [0.05, 0.1) is 63.9 Å². The fourth-order valence-electron chi connectivity index (χ4n) is 16.5. The molecular weight excluding hydrogens is 1160 g/mol. The van der Waals surface area contributed by atoms with E-state index < -0.39 is 48.2 Å². The van der Waals surface area contributed by atoms with Crippen LogP contribution in [0.15, 0.2) is 97.1 Å². The molecule has 16 nitrogen and oxygen atoms in total. The summed E-state index contributed by atoms with van der Waals surface area (Å²) < 4.78 is 23.4. The van der Waals surface area contributed by atoms with E-state index in [0.29, 0.717) is 87.9 Å². The summed E-state index contributed by atoms with van der Waals surface area (Å²) in [5, 5.41) is 47.8. The summed E-state index contributed by atoms with van der Waals surface area (Å²) in [5.41, 5.74) is 2.33. The molecule has 18 heteroatoms. The maximum Gasteiger partial charge on any atom is 0.343 e. The minimum absolute atomic E-state index is 0.0154. The van der Waals surface area contributed by atoms with Crippen molar-refractivity contribution in [2.24, 2.45) is 23.7 Å². The van der Waals surface area contributed by atoms with E-state index in [9.17, 15) is 39.6 Å². The number of benzene rings is 4. The lowest BCUT2D eigenvalue weighted by Gasteiger charge is -2.45. The van der Waals surface area contributed by atoms with Gasteiger partial charge in [0.1, 0.15) is 11.5 Å². The SMILES string of the molecule is COC(=O)C1(O)CC(=O)N2CC[C@H]2C/C=C/C(O)C2CCC2CN2CC3(CCCc4cc(Cl)ccc43)COc3ccc1cc32.COC(=O)C1(O)CC(=O)N2CC[C@H]2C/C=C/C(O)C2CCC2CN2CC3(CCCc4cc(Cl)ccc43)COc3ccc1cc32. The first-order valence-electron chi connectivity index (χ1n) is 31.9. The van der Waals surface area contributed by atoms with Crippen LogP contribution >= 0.6 is 23.2 Å². The Balaban J connectivity index is 0.000000162. The number of rotatable bonds is 2. The minimum Gasteiger partial charge on any atom is -0.490 e. The number of nitrogens with zero attached hydrogens (tertiary/aromatic N) is 4. The molecule has 2 saturated carbocycles. The number of hydrogen-bond acceptors (Lipinski definition) is 14. The number of hydrogen-bond donors (Lipinski definition) is 4. The molecule has 4 aromatic rings. The second-order valence-corrected chi connectivity index (χ2v) is 27.9. The molecule has 6 heterocycles. The number of aliphatic hydroxyl groups excluding tert-OH is 2. The second kappa shape index (κ2) is 24.2. The lowest BCUT2D eigenvalue weighted by atomic mass is 9.68. The molecule has 4 N–H and O–H groups in total. The molecule has 4 aliphatic carbocycles. The number of fused-ring (bicyclic) bond motifs is 10. The smallest absolute Gasteiger partial charge is 0.343 e. The predicted octanol–water partition coefficient (Wildman–Crippen LogP) is 9.02. The first-order chi connectivity index (χ1) is 42.4. The highest BCUT2D eigenvalue weighted by atomic mass is 35.5. The lowest BCUT2D eigenvalue weighted by Crippen LogP contribution is -2.53. The van der Waals surface area contributed by atoms with Crippen molar-refractivity contribution in [1.82, 2.24) is 9.80 Å². The average molecular weight is 1240 g/mol. The highest BCUT2D eigenvalue weighted by Crippen LogP contribution is 2.51. The zero-order valence-corrected chi connectivity index (χ0v) is 51.9. The lowest BCUT2D eigenvalue weighted by molar-refractivity contribution is -0.169. The van der Waals surface area contributed by atoms with Gasteiger partial charge in [-0.25, -0.2) is 9.59 Å². The van der Waals surface area contributed by atoms with Crippen LogP contribution < -0.4 is 19.3 Å². The van der Waals surface area contributed by atoms with Crippen LogP contribution in [0.2, 0.25) is 10.0 Å². The van der Waals surface area contributed by atoms with Crippen molar-refractivity contribution in [3.05, 3.63) is 141 Å². The molecule has 468 valence electrons. The monoisotopic (exact) mass is 1240 g/mol. The largest absolute Gasteiger partial charge is 0.490 e.